The lowest BCUT2D eigenvalue weighted by Crippen LogP contribution is -2.40. The zero-order valence-electron chi connectivity index (χ0n) is 11.7. The average Bonchev–Trinajstić information content (AvgIpc) is 3.17. The van der Waals surface area contributed by atoms with Crippen LogP contribution in [-0.4, -0.2) is 28.4 Å². The van der Waals surface area contributed by atoms with Crippen LogP contribution in [-0.2, 0) is 21.7 Å². The molecule has 1 aromatic carbocycles. The second-order valence-corrected chi connectivity index (χ2v) is 5.64. The van der Waals surface area contributed by atoms with E-state index < -0.39 is 5.79 Å². The van der Waals surface area contributed by atoms with E-state index in [9.17, 15) is 0 Å². The highest BCUT2D eigenvalue weighted by molar-refractivity contribution is 6.31. The molecule has 0 aliphatic carbocycles. The van der Waals surface area contributed by atoms with Crippen molar-refractivity contribution in [2.24, 2.45) is 0 Å². The molecule has 0 bridgehead atoms. The van der Waals surface area contributed by atoms with Crippen molar-refractivity contribution in [1.29, 1.82) is 0 Å². The minimum absolute atomic E-state index is 0.403. The van der Waals surface area contributed by atoms with Gasteiger partial charge in [-0.15, -0.1) is 0 Å². The number of halogens is 1. The van der Waals surface area contributed by atoms with Gasteiger partial charge in [-0.05, 0) is 30.7 Å². The van der Waals surface area contributed by atoms with Crippen molar-refractivity contribution in [2.75, 3.05) is 13.2 Å². The Morgan fingerprint density at radius 2 is 2.09 bits per heavy atom. The molecule has 0 spiro atoms. The van der Waals surface area contributed by atoms with Gasteiger partial charge >= 0.3 is 0 Å². The summed E-state index contributed by atoms with van der Waals surface area (Å²) in [7, 11) is 0. The number of benzene rings is 1. The van der Waals surface area contributed by atoms with E-state index in [0.29, 0.717) is 36.2 Å². The maximum absolute atomic E-state index is 6.04. The van der Waals surface area contributed by atoms with E-state index in [2.05, 4.69) is 15.2 Å². The Kier molecular flexibility index (Phi) is 3.37. The van der Waals surface area contributed by atoms with Gasteiger partial charge in [-0.3, -0.25) is 5.10 Å². The predicted molar refractivity (Wildman–Crippen MR) is 79.5 cm³/mol. The normalized spacial score (nSPS) is 17.9. The van der Waals surface area contributed by atoms with Crippen LogP contribution in [0.1, 0.15) is 18.0 Å². The average molecular weight is 320 g/mol. The van der Waals surface area contributed by atoms with Crippen LogP contribution in [0, 0.1) is 0 Å². The molecular formula is C15H14ClN3O3. The monoisotopic (exact) mass is 319 g/mol. The van der Waals surface area contributed by atoms with Crippen LogP contribution in [0.15, 0.2) is 35.0 Å². The van der Waals surface area contributed by atoms with Crippen LogP contribution < -0.4 is 0 Å². The van der Waals surface area contributed by atoms with E-state index in [1.807, 2.05) is 18.2 Å². The Bertz CT molecular complexity index is 779. The maximum Gasteiger partial charge on any atom is 0.235 e. The van der Waals surface area contributed by atoms with Crippen molar-refractivity contribution in [3.63, 3.8) is 0 Å². The van der Waals surface area contributed by atoms with Gasteiger partial charge in [0.1, 0.15) is 17.7 Å². The minimum Gasteiger partial charge on any atom is -0.455 e. The number of aromatic amines is 1. The summed E-state index contributed by atoms with van der Waals surface area (Å²) in [5, 5.41) is 8.29. The molecule has 6 nitrogen and oxygen atoms in total. The van der Waals surface area contributed by atoms with Gasteiger partial charge in [0.05, 0.1) is 19.6 Å². The van der Waals surface area contributed by atoms with Crippen LogP contribution in [0.4, 0.5) is 0 Å². The smallest absolute Gasteiger partial charge is 0.235 e. The third kappa shape index (κ3) is 2.39. The first kappa shape index (κ1) is 13.8. The molecule has 114 valence electrons. The number of hydrogen-bond donors (Lipinski definition) is 1. The van der Waals surface area contributed by atoms with E-state index in [0.717, 1.165) is 17.4 Å². The molecule has 1 fully saturated rings. The maximum atomic E-state index is 6.04. The van der Waals surface area contributed by atoms with Gasteiger partial charge in [0, 0.05) is 10.4 Å². The van der Waals surface area contributed by atoms with Crippen LogP contribution in [0.2, 0.25) is 5.02 Å². The summed E-state index contributed by atoms with van der Waals surface area (Å²) in [4.78, 5) is 4.16. The fourth-order valence-corrected chi connectivity index (χ4v) is 2.82. The van der Waals surface area contributed by atoms with E-state index in [1.54, 1.807) is 6.07 Å². The van der Waals surface area contributed by atoms with Crippen molar-refractivity contribution < 1.29 is 13.9 Å². The fourth-order valence-electron chi connectivity index (χ4n) is 2.64. The molecular weight excluding hydrogens is 306 g/mol. The van der Waals surface area contributed by atoms with Crippen molar-refractivity contribution in [3.8, 4) is 0 Å². The number of H-pyrrole nitrogens is 1. The van der Waals surface area contributed by atoms with Gasteiger partial charge < -0.3 is 13.9 Å². The van der Waals surface area contributed by atoms with Crippen molar-refractivity contribution in [1.82, 2.24) is 15.2 Å². The number of nitrogens with one attached hydrogen (secondary N) is 1. The largest absolute Gasteiger partial charge is 0.455 e. The van der Waals surface area contributed by atoms with Gasteiger partial charge in [-0.25, -0.2) is 4.98 Å². The van der Waals surface area contributed by atoms with E-state index in [-0.39, 0.29) is 0 Å². The highest BCUT2D eigenvalue weighted by Gasteiger charge is 2.41. The number of hydrogen-bond acceptors (Lipinski definition) is 5. The second-order valence-electron chi connectivity index (χ2n) is 5.21. The summed E-state index contributed by atoms with van der Waals surface area (Å²) in [5.74, 6) is 0.310. The highest BCUT2D eigenvalue weighted by atomic mass is 35.5. The van der Waals surface area contributed by atoms with Crippen molar-refractivity contribution in [3.05, 3.63) is 47.2 Å². The van der Waals surface area contributed by atoms with Crippen LogP contribution in [0.5, 0.6) is 0 Å². The Morgan fingerprint density at radius 3 is 2.86 bits per heavy atom. The van der Waals surface area contributed by atoms with Crippen LogP contribution >= 0.6 is 11.6 Å². The minimum atomic E-state index is -0.983. The van der Waals surface area contributed by atoms with Gasteiger partial charge in [-0.2, -0.15) is 5.10 Å². The highest BCUT2D eigenvalue weighted by Crippen LogP contribution is 2.37. The summed E-state index contributed by atoms with van der Waals surface area (Å²) >= 11 is 6.04. The molecule has 0 atom stereocenters. The third-order valence-electron chi connectivity index (χ3n) is 3.68. The Labute approximate surface area is 131 Å². The molecule has 3 heterocycles. The van der Waals surface area contributed by atoms with E-state index in [1.165, 1.54) is 6.33 Å². The third-order valence-corrected chi connectivity index (χ3v) is 3.91. The van der Waals surface area contributed by atoms with Gasteiger partial charge in [0.2, 0.25) is 5.79 Å². The van der Waals surface area contributed by atoms with E-state index >= 15 is 0 Å². The van der Waals surface area contributed by atoms with Crippen LogP contribution in [0.3, 0.4) is 0 Å². The quantitative estimate of drug-likeness (QED) is 0.803. The predicted octanol–water partition coefficient (Wildman–Crippen LogP) is 3.04. The number of fused-ring (bicyclic) bond motifs is 1. The Morgan fingerprint density at radius 1 is 1.23 bits per heavy atom. The second kappa shape index (κ2) is 5.39. The molecule has 3 aromatic rings. The number of furan rings is 1. The summed E-state index contributed by atoms with van der Waals surface area (Å²) < 4.78 is 17.8. The molecule has 22 heavy (non-hydrogen) atoms. The molecule has 0 radical (unpaired) electrons. The lowest BCUT2D eigenvalue weighted by Gasteiger charge is -2.34. The Hall–Kier alpha value is -1.89. The molecule has 1 aliphatic heterocycles. The number of ether oxygens (including phenoxy) is 2. The van der Waals surface area contributed by atoms with E-state index in [4.69, 9.17) is 25.5 Å². The fraction of sp³-hybridized carbons (Fsp3) is 0.333. The summed E-state index contributed by atoms with van der Waals surface area (Å²) in [6.45, 7) is 1.21. The number of rotatable bonds is 3. The lowest BCUT2D eigenvalue weighted by atomic mass is 10.1. The molecule has 4 rings (SSSR count). The first-order valence-corrected chi connectivity index (χ1v) is 7.45. The SMILES string of the molecule is Clc1ccc2oc(C3(Cc4ncn[nH]4)OCCCO3)cc2c1. The summed E-state index contributed by atoms with van der Waals surface area (Å²) in [6, 6.07) is 7.40. The first-order valence-electron chi connectivity index (χ1n) is 7.07. The molecule has 7 heteroatoms. The number of nitrogens with zero attached hydrogens (tertiary/aromatic N) is 2. The molecule has 1 N–H and O–H groups in total. The molecule has 0 unspecified atom stereocenters. The first-order chi connectivity index (χ1) is 10.8. The topological polar surface area (TPSA) is 73.2 Å². The number of aromatic nitrogens is 3. The van der Waals surface area contributed by atoms with Gasteiger partial charge in [-0.1, -0.05) is 11.6 Å². The summed E-state index contributed by atoms with van der Waals surface area (Å²) in [6.07, 6.45) is 2.72. The molecule has 2 aromatic heterocycles. The standard InChI is InChI=1S/C15H14ClN3O3/c16-11-2-3-12-10(6-11)7-13(22-12)15(20-4-1-5-21-15)8-14-17-9-18-19-14/h2-3,6-7,9H,1,4-5,8H2,(H,17,18,19). The Balaban J connectivity index is 1.78. The van der Waals surface area contributed by atoms with Gasteiger partial charge in [0.25, 0.3) is 0 Å². The summed E-state index contributed by atoms with van der Waals surface area (Å²) in [5.41, 5.74) is 0.745. The molecule has 1 aliphatic rings. The van der Waals surface area contributed by atoms with Crippen LogP contribution in [0.25, 0.3) is 11.0 Å². The van der Waals surface area contributed by atoms with Crippen molar-refractivity contribution in [2.45, 2.75) is 18.6 Å². The molecule has 1 saturated heterocycles. The van der Waals surface area contributed by atoms with Crippen molar-refractivity contribution >= 4 is 22.6 Å². The molecule has 0 saturated carbocycles. The lowest BCUT2D eigenvalue weighted by molar-refractivity contribution is -0.284. The van der Waals surface area contributed by atoms with Gasteiger partial charge in [0.15, 0.2) is 5.76 Å². The zero-order chi connectivity index (χ0) is 15.0. The zero-order valence-corrected chi connectivity index (χ0v) is 12.5. The molecule has 0 amide bonds.